The van der Waals surface area contributed by atoms with Crippen molar-refractivity contribution in [3.05, 3.63) is 83.9 Å². The largest absolute Gasteiger partial charge is 0.388 e. The molecule has 0 amide bonds. The highest BCUT2D eigenvalue weighted by Gasteiger charge is 2.45. The molecule has 0 aliphatic heterocycles. The van der Waals surface area contributed by atoms with Gasteiger partial charge in [0.25, 0.3) is 0 Å². The van der Waals surface area contributed by atoms with Gasteiger partial charge in [-0.2, -0.15) is 0 Å². The molecule has 0 heterocycles. The highest BCUT2D eigenvalue weighted by atomic mass is 16.5. The molecule has 2 aliphatic carbocycles. The fourth-order valence-corrected chi connectivity index (χ4v) is 6.50. The zero-order valence-corrected chi connectivity index (χ0v) is 21.1. The maximum Gasteiger partial charge on any atom is 0.0884 e. The Morgan fingerprint density at radius 2 is 1.47 bits per heavy atom. The summed E-state index contributed by atoms with van der Waals surface area (Å²) in [6, 6.07) is 17.0. The van der Waals surface area contributed by atoms with Crippen LogP contribution in [0.15, 0.2) is 61.7 Å². The highest BCUT2D eigenvalue weighted by molar-refractivity contribution is 5.48. The van der Waals surface area contributed by atoms with Crippen LogP contribution in [0.5, 0.6) is 0 Å². The quantitative estimate of drug-likeness (QED) is 0.407. The fraction of sp³-hybridized carbons (Fsp3) is 0.500. The molecule has 0 spiro atoms. The molecule has 2 saturated carbocycles. The maximum atomic E-state index is 11.4. The maximum absolute atomic E-state index is 11.4. The van der Waals surface area contributed by atoms with Crippen molar-refractivity contribution in [2.24, 2.45) is 10.8 Å². The van der Waals surface area contributed by atoms with E-state index >= 15 is 0 Å². The minimum absolute atomic E-state index is 0.107. The van der Waals surface area contributed by atoms with Crippen LogP contribution in [0.4, 0.5) is 0 Å². The lowest BCUT2D eigenvalue weighted by atomic mass is 9.68. The molecule has 4 unspecified atom stereocenters. The SMILES string of the molecule is C=Cc1ccc(C(O)C2(C)CCCC(OC(c3ccc(C=C)cc3)C3(CC)CCCC3)C2)cc1. The third kappa shape index (κ3) is 5.09. The van der Waals surface area contributed by atoms with Gasteiger partial charge in [-0.05, 0) is 60.8 Å². The lowest BCUT2D eigenvalue weighted by Gasteiger charge is -2.45. The summed E-state index contributed by atoms with van der Waals surface area (Å²) in [4.78, 5) is 0. The first-order chi connectivity index (χ1) is 16.4. The average molecular weight is 459 g/mol. The Bertz CT molecular complexity index is 952. The fourth-order valence-electron chi connectivity index (χ4n) is 6.50. The number of rotatable bonds is 9. The van der Waals surface area contributed by atoms with E-state index in [1.54, 1.807) is 0 Å². The van der Waals surface area contributed by atoms with Crippen LogP contribution in [-0.4, -0.2) is 11.2 Å². The monoisotopic (exact) mass is 458 g/mol. The number of ether oxygens (including phenoxy) is 1. The molecular formula is C32H42O2. The van der Waals surface area contributed by atoms with E-state index in [0.29, 0.717) is 0 Å². The Hall–Kier alpha value is -2.16. The molecule has 0 aromatic heterocycles. The van der Waals surface area contributed by atoms with Crippen LogP contribution in [0.25, 0.3) is 12.2 Å². The van der Waals surface area contributed by atoms with Crippen molar-refractivity contribution in [3.63, 3.8) is 0 Å². The first-order valence-corrected chi connectivity index (χ1v) is 13.2. The van der Waals surface area contributed by atoms with Crippen molar-refractivity contribution >= 4 is 12.2 Å². The average Bonchev–Trinajstić information content (AvgIpc) is 3.37. The summed E-state index contributed by atoms with van der Waals surface area (Å²) in [5.41, 5.74) is 4.54. The third-order valence-corrected chi connectivity index (χ3v) is 8.78. The number of hydrogen-bond acceptors (Lipinski definition) is 2. The lowest BCUT2D eigenvalue weighted by Crippen LogP contribution is -2.38. The predicted molar refractivity (Wildman–Crippen MR) is 143 cm³/mol. The minimum atomic E-state index is -0.491. The molecule has 1 N–H and O–H groups in total. The number of benzene rings is 2. The second-order valence-corrected chi connectivity index (χ2v) is 11.0. The number of aliphatic hydroxyl groups is 1. The van der Waals surface area contributed by atoms with Crippen LogP contribution in [0.3, 0.4) is 0 Å². The van der Waals surface area contributed by atoms with Gasteiger partial charge in [0.2, 0.25) is 0 Å². The summed E-state index contributed by atoms with van der Waals surface area (Å²) >= 11 is 0. The van der Waals surface area contributed by atoms with Crippen LogP contribution in [-0.2, 0) is 4.74 Å². The van der Waals surface area contributed by atoms with E-state index in [9.17, 15) is 5.11 Å². The van der Waals surface area contributed by atoms with Crippen molar-refractivity contribution in [2.45, 2.75) is 89.9 Å². The molecule has 2 aromatic carbocycles. The molecule has 4 atom stereocenters. The van der Waals surface area contributed by atoms with Crippen LogP contribution in [0, 0.1) is 10.8 Å². The van der Waals surface area contributed by atoms with Crippen molar-refractivity contribution in [2.75, 3.05) is 0 Å². The molecule has 182 valence electrons. The van der Waals surface area contributed by atoms with Crippen LogP contribution in [0.2, 0.25) is 0 Å². The van der Waals surface area contributed by atoms with Gasteiger partial charge in [0.1, 0.15) is 0 Å². The van der Waals surface area contributed by atoms with E-state index < -0.39 is 6.10 Å². The summed E-state index contributed by atoms with van der Waals surface area (Å²) in [5.74, 6) is 0. The highest BCUT2D eigenvalue weighted by Crippen LogP contribution is 2.54. The Morgan fingerprint density at radius 1 is 0.912 bits per heavy atom. The molecule has 0 saturated heterocycles. The Kier molecular flexibility index (Phi) is 7.80. The molecule has 34 heavy (non-hydrogen) atoms. The van der Waals surface area contributed by atoms with Crippen molar-refractivity contribution in [1.82, 2.24) is 0 Å². The molecule has 2 heteroatoms. The molecule has 0 radical (unpaired) electrons. The first-order valence-electron chi connectivity index (χ1n) is 13.2. The second kappa shape index (κ2) is 10.6. The molecule has 2 aromatic rings. The van der Waals surface area contributed by atoms with E-state index in [1.807, 2.05) is 36.4 Å². The molecule has 2 nitrogen and oxygen atoms in total. The summed E-state index contributed by atoms with van der Waals surface area (Å²) in [5, 5.41) is 11.4. The zero-order chi connectivity index (χ0) is 24.2. The third-order valence-electron chi connectivity index (χ3n) is 8.78. The molecule has 0 bridgehead atoms. The van der Waals surface area contributed by atoms with Crippen LogP contribution in [0.1, 0.15) is 106 Å². The van der Waals surface area contributed by atoms with Crippen molar-refractivity contribution in [3.8, 4) is 0 Å². The Labute approximate surface area is 206 Å². The van der Waals surface area contributed by atoms with E-state index in [1.165, 1.54) is 31.2 Å². The zero-order valence-electron chi connectivity index (χ0n) is 21.1. The lowest BCUT2D eigenvalue weighted by molar-refractivity contribution is -0.128. The standard InChI is InChI=1S/C32H42O2/c1-5-24-12-16-26(17-13-24)29(33)31(4)20-10-11-28(23-31)34-30(32(7-3)21-8-9-22-32)27-18-14-25(6-2)15-19-27/h5-6,12-19,28-30,33H,1-2,7-11,20-23H2,3-4H3. The minimum Gasteiger partial charge on any atom is -0.388 e. The van der Waals surface area contributed by atoms with E-state index in [4.69, 9.17) is 4.74 Å². The molecule has 2 aliphatic rings. The van der Waals surface area contributed by atoms with Gasteiger partial charge in [-0.15, -0.1) is 0 Å². The van der Waals surface area contributed by atoms with E-state index in [-0.39, 0.29) is 23.0 Å². The van der Waals surface area contributed by atoms with Crippen molar-refractivity contribution in [1.29, 1.82) is 0 Å². The van der Waals surface area contributed by atoms with Gasteiger partial charge in [-0.25, -0.2) is 0 Å². The molecule has 4 rings (SSSR count). The Morgan fingerprint density at radius 3 is 2.00 bits per heavy atom. The normalized spacial score (nSPS) is 26.0. The van der Waals surface area contributed by atoms with Gasteiger partial charge in [-0.3, -0.25) is 0 Å². The van der Waals surface area contributed by atoms with Gasteiger partial charge in [0.05, 0.1) is 18.3 Å². The van der Waals surface area contributed by atoms with E-state index in [2.05, 4.69) is 51.3 Å². The van der Waals surface area contributed by atoms with Gasteiger partial charge in [-0.1, -0.05) is 107 Å². The molecular weight excluding hydrogens is 416 g/mol. The van der Waals surface area contributed by atoms with Gasteiger partial charge in [0.15, 0.2) is 0 Å². The number of hydrogen-bond donors (Lipinski definition) is 1. The van der Waals surface area contributed by atoms with Gasteiger partial charge >= 0.3 is 0 Å². The summed E-state index contributed by atoms with van der Waals surface area (Å²) in [7, 11) is 0. The summed E-state index contributed by atoms with van der Waals surface area (Å²) in [6.07, 6.45) is 13.8. The Balaban J connectivity index is 1.56. The van der Waals surface area contributed by atoms with Gasteiger partial charge in [0, 0.05) is 10.8 Å². The van der Waals surface area contributed by atoms with E-state index in [0.717, 1.165) is 48.8 Å². The predicted octanol–water partition coefficient (Wildman–Crippen LogP) is 8.68. The molecule has 2 fully saturated rings. The summed E-state index contributed by atoms with van der Waals surface area (Å²) < 4.78 is 7.10. The van der Waals surface area contributed by atoms with Crippen LogP contribution >= 0.6 is 0 Å². The summed E-state index contributed by atoms with van der Waals surface area (Å²) in [6.45, 7) is 12.3. The topological polar surface area (TPSA) is 29.5 Å². The van der Waals surface area contributed by atoms with Crippen molar-refractivity contribution < 1.29 is 9.84 Å². The number of aliphatic hydroxyl groups excluding tert-OH is 1. The smallest absolute Gasteiger partial charge is 0.0884 e. The van der Waals surface area contributed by atoms with Gasteiger partial charge < -0.3 is 9.84 Å². The van der Waals surface area contributed by atoms with Crippen LogP contribution < -0.4 is 0 Å². The second-order valence-electron chi connectivity index (χ2n) is 11.0. The first kappa shape index (κ1) is 24.9.